The maximum Gasteiger partial charge on any atom is 0.251 e. The Morgan fingerprint density at radius 1 is 0.886 bits per heavy atom. The minimum absolute atomic E-state index is 0.00748. The third kappa shape index (κ3) is 8.48. The molecule has 0 saturated carbocycles. The molecule has 1 aliphatic heterocycles. The summed E-state index contributed by atoms with van der Waals surface area (Å²) >= 11 is 0. The van der Waals surface area contributed by atoms with E-state index in [0.29, 0.717) is 45.5 Å². The summed E-state index contributed by atoms with van der Waals surface area (Å²) in [5.74, 6) is 2.00. The highest BCUT2D eigenvalue weighted by Crippen LogP contribution is 2.30. The minimum atomic E-state index is 0.00748. The van der Waals surface area contributed by atoms with E-state index in [1.54, 1.807) is 20.3 Å². The SMILES string of the molecule is COCCCn1c(=O)ccc2ccc(COC3CNCCC3c3ccc(OCCCOCc4ccccc4OC)cc3)cc21. The van der Waals surface area contributed by atoms with Crippen LogP contribution in [0.4, 0.5) is 0 Å². The lowest BCUT2D eigenvalue weighted by Gasteiger charge is -2.32. The second kappa shape index (κ2) is 16.4. The molecule has 2 heterocycles. The number of methoxy groups -OCH3 is 2. The molecule has 2 unspecified atom stereocenters. The lowest BCUT2D eigenvalue weighted by molar-refractivity contribution is 0.0106. The second-order valence-electron chi connectivity index (χ2n) is 11.1. The van der Waals surface area contributed by atoms with E-state index in [1.807, 2.05) is 34.9 Å². The van der Waals surface area contributed by atoms with E-state index < -0.39 is 0 Å². The number of aromatic nitrogens is 1. The van der Waals surface area contributed by atoms with E-state index >= 15 is 0 Å². The molecule has 0 spiro atoms. The van der Waals surface area contributed by atoms with E-state index in [-0.39, 0.29) is 11.7 Å². The van der Waals surface area contributed by atoms with Crippen LogP contribution in [0.3, 0.4) is 0 Å². The summed E-state index contributed by atoms with van der Waals surface area (Å²) in [6, 6.07) is 26.1. The molecule has 1 aliphatic rings. The maximum atomic E-state index is 12.6. The van der Waals surface area contributed by atoms with Crippen molar-refractivity contribution >= 4 is 10.9 Å². The van der Waals surface area contributed by atoms with Crippen molar-refractivity contribution in [3.63, 3.8) is 0 Å². The molecule has 44 heavy (non-hydrogen) atoms. The average molecular weight is 601 g/mol. The van der Waals surface area contributed by atoms with Gasteiger partial charge in [-0.3, -0.25) is 4.79 Å². The first-order valence-corrected chi connectivity index (χ1v) is 15.5. The Morgan fingerprint density at radius 3 is 2.57 bits per heavy atom. The monoisotopic (exact) mass is 600 g/mol. The Morgan fingerprint density at radius 2 is 1.73 bits per heavy atom. The van der Waals surface area contributed by atoms with Crippen LogP contribution in [-0.4, -0.2) is 57.8 Å². The van der Waals surface area contributed by atoms with Gasteiger partial charge in [0.1, 0.15) is 11.5 Å². The van der Waals surface area contributed by atoms with Crippen LogP contribution in [0.15, 0.2) is 83.7 Å². The van der Waals surface area contributed by atoms with Gasteiger partial charge >= 0.3 is 0 Å². The summed E-state index contributed by atoms with van der Waals surface area (Å²) in [6.45, 7) is 5.23. The normalized spacial score (nSPS) is 16.7. The van der Waals surface area contributed by atoms with Gasteiger partial charge in [0.2, 0.25) is 0 Å². The molecule has 2 atom stereocenters. The Balaban J connectivity index is 1.12. The molecule has 0 bridgehead atoms. The smallest absolute Gasteiger partial charge is 0.251 e. The molecule has 234 valence electrons. The third-order valence-electron chi connectivity index (χ3n) is 8.14. The quantitative estimate of drug-likeness (QED) is 0.166. The Hall–Kier alpha value is -3.69. The van der Waals surface area contributed by atoms with Crippen molar-refractivity contribution in [2.45, 2.75) is 51.0 Å². The number of para-hydroxylation sites is 1. The first-order valence-electron chi connectivity index (χ1n) is 15.5. The molecular formula is C36H44N2O6. The first-order chi connectivity index (χ1) is 21.7. The molecule has 8 nitrogen and oxygen atoms in total. The van der Waals surface area contributed by atoms with Crippen molar-refractivity contribution < 1.29 is 23.7 Å². The van der Waals surface area contributed by atoms with Crippen LogP contribution in [-0.2, 0) is 34.0 Å². The number of benzene rings is 3. The molecule has 1 fully saturated rings. The molecule has 3 aromatic carbocycles. The molecule has 1 N–H and O–H groups in total. The molecule has 0 aliphatic carbocycles. The Bertz CT molecular complexity index is 1520. The predicted octanol–water partition coefficient (Wildman–Crippen LogP) is 5.69. The minimum Gasteiger partial charge on any atom is -0.496 e. The number of aryl methyl sites for hydroxylation is 1. The summed E-state index contributed by atoms with van der Waals surface area (Å²) in [7, 11) is 3.36. The predicted molar refractivity (Wildman–Crippen MR) is 173 cm³/mol. The lowest BCUT2D eigenvalue weighted by atomic mass is 9.87. The van der Waals surface area contributed by atoms with E-state index in [9.17, 15) is 4.79 Å². The maximum absolute atomic E-state index is 12.6. The van der Waals surface area contributed by atoms with E-state index in [0.717, 1.165) is 65.9 Å². The largest absolute Gasteiger partial charge is 0.496 e. The van der Waals surface area contributed by atoms with E-state index in [1.165, 1.54) is 5.56 Å². The number of ether oxygens (including phenoxy) is 5. The first kappa shape index (κ1) is 31.7. The highest BCUT2D eigenvalue weighted by molar-refractivity contribution is 5.79. The zero-order valence-electron chi connectivity index (χ0n) is 25.8. The summed E-state index contributed by atoms with van der Waals surface area (Å²) in [6.07, 6.45) is 2.64. The highest BCUT2D eigenvalue weighted by atomic mass is 16.5. The molecular weight excluding hydrogens is 556 g/mol. The van der Waals surface area contributed by atoms with Gasteiger partial charge in [0, 0.05) is 50.8 Å². The molecule has 5 rings (SSSR count). The number of pyridine rings is 1. The molecule has 4 aromatic rings. The number of nitrogens with zero attached hydrogens (tertiary/aromatic N) is 1. The number of hydrogen-bond donors (Lipinski definition) is 1. The fourth-order valence-electron chi connectivity index (χ4n) is 5.78. The van der Waals surface area contributed by atoms with E-state index in [2.05, 4.69) is 47.8 Å². The average Bonchev–Trinajstić information content (AvgIpc) is 3.07. The summed E-state index contributed by atoms with van der Waals surface area (Å²) in [5.41, 5.74) is 4.31. The van der Waals surface area contributed by atoms with Gasteiger partial charge in [-0.25, -0.2) is 0 Å². The van der Waals surface area contributed by atoms with E-state index in [4.69, 9.17) is 23.7 Å². The Kier molecular flexibility index (Phi) is 11.8. The summed E-state index contributed by atoms with van der Waals surface area (Å²) < 4.78 is 30.7. The van der Waals surface area contributed by atoms with Crippen LogP contribution in [0.1, 0.15) is 41.9 Å². The van der Waals surface area contributed by atoms with Crippen LogP contribution < -0.4 is 20.3 Å². The van der Waals surface area contributed by atoms with Gasteiger partial charge in [-0.15, -0.1) is 0 Å². The van der Waals surface area contributed by atoms with Gasteiger partial charge in [-0.1, -0.05) is 42.5 Å². The van der Waals surface area contributed by atoms with Crippen LogP contribution in [0.5, 0.6) is 11.5 Å². The van der Waals surface area contributed by atoms with Crippen molar-refractivity contribution in [2.24, 2.45) is 0 Å². The fraction of sp³-hybridized carbons (Fsp3) is 0.417. The van der Waals surface area contributed by atoms with Gasteiger partial charge in [-0.2, -0.15) is 0 Å². The fourth-order valence-corrected chi connectivity index (χ4v) is 5.78. The lowest BCUT2D eigenvalue weighted by Crippen LogP contribution is -2.40. The standard InChI is InChI=1S/C36H44N2O6/c1-40-20-5-19-38-33-23-27(9-10-29(33)13-16-36(38)39)25-44-35-24-37-18-17-32(35)28-11-14-31(15-12-28)43-22-6-21-42-26-30-7-3-4-8-34(30)41-2/h3-4,7-16,23,32,35,37H,5-6,17-22,24-26H2,1-2H3. The van der Waals surface area contributed by atoms with Crippen molar-refractivity contribution in [1.29, 1.82) is 0 Å². The topological polar surface area (TPSA) is 80.2 Å². The van der Waals surface area contributed by atoms with Crippen molar-refractivity contribution in [2.75, 3.05) is 47.1 Å². The number of fused-ring (bicyclic) bond motifs is 1. The van der Waals surface area contributed by atoms with Gasteiger partial charge in [0.25, 0.3) is 5.56 Å². The van der Waals surface area contributed by atoms with Gasteiger partial charge in [0.15, 0.2) is 0 Å². The van der Waals surface area contributed by atoms with Crippen LogP contribution in [0.25, 0.3) is 10.9 Å². The zero-order chi connectivity index (χ0) is 30.6. The van der Waals surface area contributed by atoms with Crippen LogP contribution in [0.2, 0.25) is 0 Å². The number of nitrogens with one attached hydrogen (secondary N) is 1. The number of rotatable bonds is 16. The number of piperidine rings is 1. The van der Waals surface area contributed by atoms with Gasteiger partial charge in [0.05, 0.1) is 45.2 Å². The highest BCUT2D eigenvalue weighted by Gasteiger charge is 2.27. The molecule has 8 heteroatoms. The van der Waals surface area contributed by atoms with Crippen molar-refractivity contribution in [3.05, 3.63) is 106 Å². The zero-order valence-corrected chi connectivity index (χ0v) is 25.8. The summed E-state index contributed by atoms with van der Waals surface area (Å²) in [5, 5.41) is 4.54. The van der Waals surface area contributed by atoms with Crippen LogP contribution in [0, 0.1) is 0 Å². The molecule has 0 amide bonds. The molecule has 1 saturated heterocycles. The van der Waals surface area contributed by atoms with Gasteiger partial charge in [-0.05, 0) is 66.2 Å². The number of hydrogen-bond acceptors (Lipinski definition) is 7. The van der Waals surface area contributed by atoms with Gasteiger partial charge < -0.3 is 33.6 Å². The second-order valence-corrected chi connectivity index (χ2v) is 11.1. The molecule has 0 radical (unpaired) electrons. The van der Waals surface area contributed by atoms with Crippen LogP contribution >= 0.6 is 0 Å². The third-order valence-corrected chi connectivity index (χ3v) is 8.14. The Labute approximate surface area is 259 Å². The summed E-state index contributed by atoms with van der Waals surface area (Å²) in [4.78, 5) is 12.6. The van der Waals surface area contributed by atoms with Crippen molar-refractivity contribution in [3.8, 4) is 11.5 Å². The van der Waals surface area contributed by atoms with Crippen molar-refractivity contribution in [1.82, 2.24) is 9.88 Å². The molecule has 1 aromatic heterocycles.